The van der Waals surface area contributed by atoms with E-state index in [0.29, 0.717) is 0 Å². The largest absolute Gasteiger partial charge is 0.325 e. The highest BCUT2D eigenvalue weighted by molar-refractivity contribution is 5.09. The van der Waals surface area contributed by atoms with Crippen molar-refractivity contribution in [2.75, 3.05) is 32.7 Å². The quantitative estimate of drug-likeness (QED) is 0.639. The first-order chi connectivity index (χ1) is 8.76. The molecule has 3 rings (SSSR count). The van der Waals surface area contributed by atoms with Gasteiger partial charge in [-0.2, -0.15) is 0 Å². The molecule has 2 heteroatoms. The maximum absolute atomic E-state index is 2.51. The van der Waals surface area contributed by atoms with Crippen molar-refractivity contribution >= 4 is 0 Å². The molecule has 1 saturated carbocycles. The van der Waals surface area contributed by atoms with Crippen molar-refractivity contribution in [3.05, 3.63) is 12.2 Å². The predicted molar refractivity (Wildman–Crippen MR) is 74.9 cm³/mol. The fourth-order valence-corrected chi connectivity index (χ4v) is 4.41. The molecule has 0 radical (unpaired) electrons. The smallest absolute Gasteiger partial charge is 0.127 e. The molecule has 18 heavy (non-hydrogen) atoms. The Morgan fingerprint density at radius 1 is 1.11 bits per heavy atom. The standard InChI is InChI=1S/C16H28N2/c1-3-13(2)18-8-6-17(7-9-18)12-16-11-14-4-5-15(16)10-14/h4-5,13-16H,3,6-12H2,1-2H3/p+2. The second-order valence-corrected chi connectivity index (χ2v) is 6.96. The van der Waals surface area contributed by atoms with Crippen molar-refractivity contribution < 1.29 is 9.80 Å². The van der Waals surface area contributed by atoms with Gasteiger partial charge in [0.2, 0.25) is 0 Å². The van der Waals surface area contributed by atoms with Gasteiger partial charge in [0.1, 0.15) is 26.2 Å². The van der Waals surface area contributed by atoms with Crippen LogP contribution >= 0.6 is 0 Å². The molecule has 0 aromatic rings. The van der Waals surface area contributed by atoms with Crippen LogP contribution in [0.15, 0.2) is 12.2 Å². The van der Waals surface area contributed by atoms with Crippen LogP contribution in [0.25, 0.3) is 0 Å². The molecule has 4 atom stereocenters. The lowest BCUT2D eigenvalue weighted by Gasteiger charge is -2.34. The van der Waals surface area contributed by atoms with E-state index < -0.39 is 0 Å². The number of nitrogens with one attached hydrogen (secondary N) is 2. The second kappa shape index (κ2) is 5.34. The summed E-state index contributed by atoms with van der Waals surface area (Å²) >= 11 is 0. The molecule has 3 aliphatic rings. The number of rotatable bonds is 4. The molecule has 102 valence electrons. The van der Waals surface area contributed by atoms with Crippen LogP contribution in [0, 0.1) is 17.8 Å². The average Bonchev–Trinajstić information content (AvgIpc) is 3.01. The maximum atomic E-state index is 2.51. The molecule has 2 bridgehead atoms. The van der Waals surface area contributed by atoms with E-state index in [1.807, 2.05) is 9.80 Å². The zero-order chi connectivity index (χ0) is 12.5. The minimum Gasteiger partial charge on any atom is -0.325 e. The third kappa shape index (κ3) is 2.50. The molecule has 4 unspecified atom stereocenters. The van der Waals surface area contributed by atoms with Crippen LogP contribution in [0.1, 0.15) is 33.1 Å². The molecule has 2 aliphatic carbocycles. The average molecular weight is 250 g/mol. The Morgan fingerprint density at radius 2 is 1.89 bits per heavy atom. The lowest BCUT2D eigenvalue weighted by atomic mass is 9.93. The highest BCUT2D eigenvalue weighted by Crippen LogP contribution is 2.42. The van der Waals surface area contributed by atoms with E-state index >= 15 is 0 Å². The summed E-state index contributed by atoms with van der Waals surface area (Å²) in [5.41, 5.74) is 0. The molecule has 2 nitrogen and oxygen atoms in total. The summed E-state index contributed by atoms with van der Waals surface area (Å²) in [7, 11) is 0. The molecule has 1 aliphatic heterocycles. The zero-order valence-electron chi connectivity index (χ0n) is 12.1. The second-order valence-electron chi connectivity index (χ2n) is 6.96. The Bertz CT molecular complexity index is 304. The number of quaternary nitrogens is 2. The molecular weight excluding hydrogens is 220 g/mol. The highest BCUT2D eigenvalue weighted by Gasteiger charge is 2.38. The van der Waals surface area contributed by atoms with Gasteiger partial charge < -0.3 is 9.80 Å². The molecular formula is C16H30N2+2. The molecule has 0 spiro atoms. The third-order valence-corrected chi connectivity index (χ3v) is 5.88. The first-order valence-electron chi connectivity index (χ1n) is 8.12. The first-order valence-corrected chi connectivity index (χ1v) is 8.12. The van der Waals surface area contributed by atoms with E-state index in [-0.39, 0.29) is 0 Å². The Labute approximate surface area is 112 Å². The minimum absolute atomic E-state index is 0.872. The van der Waals surface area contributed by atoms with Crippen LogP contribution in [0.4, 0.5) is 0 Å². The number of hydrogen-bond acceptors (Lipinski definition) is 0. The number of hydrogen-bond donors (Lipinski definition) is 2. The van der Waals surface area contributed by atoms with E-state index in [1.165, 1.54) is 52.0 Å². The van der Waals surface area contributed by atoms with Crippen LogP contribution in [-0.2, 0) is 0 Å². The fraction of sp³-hybridized carbons (Fsp3) is 0.875. The summed E-state index contributed by atoms with van der Waals surface area (Å²) in [5.74, 6) is 2.91. The Kier molecular flexibility index (Phi) is 3.76. The van der Waals surface area contributed by atoms with Gasteiger partial charge in [-0.3, -0.25) is 0 Å². The van der Waals surface area contributed by atoms with Crippen molar-refractivity contribution in [1.82, 2.24) is 0 Å². The fourth-order valence-electron chi connectivity index (χ4n) is 4.41. The number of piperazine rings is 1. The van der Waals surface area contributed by atoms with Gasteiger partial charge in [0.05, 0.1) is 12.6 Å². The maximum Gasteiger partial charge on any atom is 0.127 e. The van der Waals surface area contributed by atoms with Crippen molar-refractivity contribution in [2.45, 2.75) is 39.2 Å². The Hall–Kier alpha value is -0.340. The molecule has 2 fully saturated rings. The van der Waals surface area contributed by atoms with Gasteiger partial charge in [-0.05, 0) is 38.0 Å². The molecule has 0 aromatic carbocycles. The first kappa shape index (κ1) is 12.7. The molecule has 0 amide bonds. The highest BCUT2D eigenvalue weighted by atomic mass is 15.3. The van der Waals surface area contributed by atoms with Crippen LogP contribution in [-0.4, -0.2) is 38.8 Å². The summed E-state index contributed by atoms with van der Waals surface area (Å²) in [6, 6.07) is 0.872. The molecule has 1 saturated heterocycles. The van der Waals surface area contributed by atoms with E-state index in [9.17, 15) is 0 Å². The SMILES string of the molecule is CCC(C)[NH+]1CC[NH+](CC2CC3C=CC2C3)CC1. The Morgan fingerprint density at radius 3 is 2.44 bits per heavy atom. The van der Waals surface area contributed by atoms with E-state index in [4.69, 9.17) is 0 Å². The van der Waals surface area contributed by atoms with Gasteiger partial charge in [0.15, 0.2) is 0 Å². The van der Waals surface area contributed by atoms with Crippen molar-refractivity contribution in [3.8, 4) is 0 Å². The topological polar surface area (TPSA) is 8.88 Å². The molecule has 0 aromatic heterocycles. The predicted octanol–water partition coefficient (Wildman–Crippen LogP) is -0.219. The summed E-state index contributed by atoms with van der Waals surface area (Å²) in [5, 5.41) is 0. The summed E-state index contributed by atoms with van der Waals surface area (Å²) < 4.78 is 0. The van der Waals surface area contributed by atoms with Gasteiger partial charge in [0, 0.05) is 5.92 Å². The van der Waals surface area contributed by atoms with Crippen LogP contribution in [0.3, 0.4) is 0 Å². The van der Waals surface area contributed by atoms with Gasteiger partial charge >= 0.3 is 0 Å². The lowest BCUT2D eigenvalue weighted by Crippen LogP contribution is -3.29. The van der Waals surface area contributed by atoms with E-state index in [2.05, 4.69) is 26.0 Å². The zero-order valence-corrected chi connectivity index (χ0v) is 12.1. The van der Waals surface area contributed by atoms with Gasteiger partial charge in [-0.15, -0.1) is 0 Å². The van der Waals surface area contributed by atoms with Gasteiger partial charge in [-0.1, -0.05) is 19.1 Å². The van der Waals surface area contributed by atoms with Crippen molar-refractivity contribution in [3.63, 3.8) is 0 Å². The van der Waals surface area contributed by atoms with Gasteiger partial charge in [-0.25, -0.2) is 0 Å². The van der Waals surface area contributed by atoms with Gasteiger partial charge in [0.25, 0.3) is 0 Å². The number of allylic oxidation sites excluding steroid dienone is 2. The van der Waals surface area contributed by atoms with E-state index in [0.717, 1.165) is 23.8 Å². The third-order valence-electron chi connectivity index (χ3n) is 5.88. The lowest BCUT2D eigenvalue weighted by molar-refractivity contribution is -1.02. The minimum atomic E-state index is 0.872. The summed E-state index contributed by atoms with van der Waals surface area (Å²) in [6.07, 6.45) is 9.29. The van der Waals surface area contributed by atoms with Crippen molar-refractivity contribution in [1.29, 1.82) is 0 Å². The monoisotopic (exact) mass is 250 g/mol. The van der Waals surface area contributed by atoms with Crippen LogP contribution < -0.4 is 9.80 Å². The Balaban J connectivity index is 1.45. The summed E-state index contributed by atoms with van der Waals surface area (Å²) in [6.45, 7) is 11.8. The van der Waals surface area contributed by atoms with Crippen LogP contribution in [0.5, 0.6) is 0 Å². The normalized spacial score (nSPS) is 44.4. The molecule has 2 N–H and O–H groups in total. The van der Waals surface area contributed by atoms with Crippen molar-refractivity contribution in [2.24, 2.45) is 17.8 Å². The molecule has 1 heterocycles. The van der Waals surface area contributed by atoms with Crippen LogP contribution in [0.2, 0.25) is 0 Å². The van der Waals surface area contributed by atoms with E-state index in [1.54, 1.807) is 0 Å². The number of fused-ring (bicyclic) bond motifs is 2. The summed E-state index contributed by atoms with van der Waals surface area (Å²) in [4.78, 5) is 3.75.